The first-order valence-electron chi connectivity index (χ1n) is 10.5. The summed E-state index contributed by atoms with van der Waals surface area (Å²) in [5.74, 6) is -2.74. The van der Waals surface area contributed by atoms with Gasteiger partial charge < -0.3 is 19.9 Å². The topological polar surface area (TPSA) is 84.9 Å². The van der Waals surface area contributed by atoms with Crippen LogP contribution in [0.15, 0.2) is 71.9 Å². The normalized spacial score (nSPS) is 23.2. The Bertz CT molecular complexity index is 937. The van der Waals surface area contributed by atoms with Gasteiger partial charge in [0.25, 0.3) is 0 Å². The Balaban J connectivity index is 2.22. The lowest BCUT2D eigenvalue weighted by atomic mass is 9.66. The van der Waals surface area contributed by atoms with E-state index < -0.39 is 29.4 Å². The summed E-state index contributed by atoms with van der Waals surface area (Å²) in [5.41, 5.74) is 0.929. The highest BCUT2D eigenvalue weighted by atomic mass is 16.5. The van der Waals surface area contributed by atoms with Crippen LogP contribution in [0.25, 0.3) is 0 Å². The molecule has 6 nitrogen and oxygen atoms in total. The van der Waals surface area contributed by atoms with E-state index >= 15 is 0 Å². The molecular weight excluding hydrogens is 394 g/mol. The molecule has 2 aromatic rings. The van der Waals surface area contributed by atoms with Crippen molar-refractivity contribution in [1.29, 1.82) is 0 Å². The van der Waals surface area contributed by atoms with E-state index in [4.69, 9.17) is 9.47 Å². The molecule has 0 saturated carbocycles. The number of anilines is 1. The van der Waals surface area contributed by atoms with Crippen LogP contribution in [0.3, 0.4) is 0 Å². The van der Waals surface area contributed by atoms with Crippen molar-refractivity contribution in [3.8, 4) is 0 Å². The van der Waals surface area contributed by atoms with Gasteiger partial charge in [-0.15, -0.1) is 0 Å². The molecule has 0 saturated heterocycles. The Kier molecular flexibility index (Phi) is 7.13. The second-order valence-electron chi connectivity index (χ2n) is 7.76. The van der Waals surface area contributed by atoms with E-state index in [1.165, 1.54) is 0 Å². The number of carbonyl (C=O) groups is 2. The summed E-state index contributed by atoms with van der Waals surface area (Å²) in [4.78, 5) is 26.2. The molecule has 164 valence electrons. The molecule has 1 aliphatic carbocycles. The molecule has 3 atom stereocenters. The summed E-state index contributed by atoms with van der Waals surface area (Å²) < 4.78 is 10.7. The van der Waals surface area contributed by atoms with Crippen molar-refractivity contribution in [2.45, 2.75) is 38.7 Å². The fraction of sp³-hybridized carbons (Fsp3) is 0.360. The minimum absolute atomic E-state index is 0.0723. The van der Waals surface area contributed by atoms with E-state index in [0.717, 1.165) is 11.3 Å². The van der Waals surface area contributed by atoms with Gasteiger partial charge in [-0.25, -0.2) is 4.79 Å². The van der Waals surface area contributed by atoms with Crippen molar-refractivity contribution < 1.29 is 24.2 Å². The van der Waals surface area contributed by atoms with Gasteiger partial charge >= 0.3 is 11.9 Å². The van der Waals surface area contributed by atoms with Gasteiger partial charge in [0, 0.05) is 23.7 Å². The highest BCUT2D eigenvalue weighted by Gasteiger charge is 2.52. The smallest absolute Gasteiger partial charge is 0.336 e. The predicted molar refractivity (Wildman–Crippen MR) is 118 cm³/mol. The summed E-state index contributed by atoms with van der Waals surface area (Å²) in [6, 6.07) is 18.6. The molecule has 0 amide bonds. The van der Waals surface area contributed by atoms with Gasteiger partial charge in [0.2, 0.25) is 0 Å². The van der Waals surface area contributed by atoms with Crippen molar-refractivity contribution >= 4 is 17.6 Å². The number of para-hydroxylation sites is 1. The Morgan fingerprint density at radius 2 is 1.58 bits per heavy atom. The van der Waals surface area contributed by atoms with Gasteiger partial charge in [0.1, 0.15) is 0 Å². The number of carbonyl (C=O) groups excluding carboxylic acids is 2. The summed E-state index contributed by atoms with van der Waals surface area (Å²) in [6.07, 6.45) is 0.0723. The minimum Gasteiger partial charge on any atom is -0.466 e. The number of nitrogens with one attached hydrogen (secondary N) is 1. The predicted octanol–water partition coefficient (Wildman–Crippen LogP) is 4.03. The van der Waals surface area contributed by atoms with Gasteiger partial charge in [-0.2, -0.15) is 0 Å². The molecule has 31 heavy (non-hydrogen) atoms. The fourth-order valence-electron chi connectivity index (χ4n) is 4.18. The number of benzene rings is 2. The third-order valence-electron chi connectivity index (χ3n) is 5.44. The summed E-state index contributed by atoms with van der Waals surface area (Å²) in [6.45, 7) is 5.45. The van der Waals surface area contributed by atoms with Crippen LogP contribution in [0, 0.1) is 5.92 Å². The molecule has 0 fully saturated rings. The average Bonchev–Trinajstić information content (AvgIpc) is 2.74. The zero-order valence-electron chi connectivity index (χ0n) is 18.1. The molecule has 0 aromatic heterocycles. The van der Waals surface area contributed by atoms with Crippen LogP contribution in [0.5, 0.6) is 0 Å². The van der Waals surface area contributed by atoms with Crippen LogP contribution in [-0.4, -0.2) is 35.9 Å². The van der Waals surface area contributed by atoms with Crippen molar-refractivity contribution in [2.75, 3.05) is 18.5 Å². The zero-order chi connectivity index (χ0) is 22.4. The largest absolute Gasteiger partial charge is 0.466 e. The Morgan fingerprint density at radius 3 is 2.16 bits per heavy atom. The minimum atomic E-state index is -1.44. The first-order chi connectivity index (χ1) is 14.9. The number of rotatable bonds is 7. The number of aliphatic hydroxyl groups is 1. The van der Waals surface area contributed by atoms with Crippen molar-refractivity contribution in [1.82, 2.24) is 0 Å². The standard InChI is InChI=1S/C25H29NO5/c1-4-30-23(27)21-19(26-18-14-10-7-11-15-18)16-25(3,29)22(24(28)31-5-2)20(21)17-12-8-6-9-13-17/h6-15,20,22,26,29H,4-5,16H2,1-3H3/t20-,22+,25+/m1/s1. The van der Waals surface area contributed by atoms with Crippen LogP contribution in [0.2, 0.25) is 0 Å². The maximum Gasteiger partial charge on any atom is 0.336 e. The average molecular weight is 424 g/mol. The lowest BCUT2D eigenvalue weighted by Gasteiger charge is -2.43. The maximum absolute atomic E-state index is 13.2. The van der Waals surface area contributed by atoms with Crippen molar-refractivity contribution in [2.24, 2.45) is 5.92 Å². The highest BCUT2D eigenvalue weighted by Crippen LogP contribution is 2.48. The summed E-state index contributed by atoms with van der Waals surface area (Å²) >= 11 is 0. The number of ether oxygens (including phenoxy) is 2. The van der Waals surface area contributed by atoms with E-state index in [1.54, 1.807) is 20.8 Å². The van der Waals surface area contributed by atoms with Crippen LogP contribution in [0.4, 0.5) is 5.69 Å². The van der Waals surface area contributed by atoms with Gasteiger partial charge in [-0.1, -0.05) is 48.5 Å². The molecule has 0 spiro atoms. The molecule has 0 heterocycles. The summed E-state index contributed by atoms with van der Waals surface area (Å²) in [5, 5.41) is 14.7. The van der Waals surface area contributed by atoms with E-state index in [9.17, 15) is 14.7 Å². The molecule has 2 aromatic carbocycles. The Morgan fingerprint density at radius 1 is 1.00 bits per heavy atom. The molecule has 0 radical (unpaired) electrons. The first-order valence-corrected chi connectivity index (χ1v) is 10.5. The second kappa shape index (κ2) is 9.79. The monoisotopic (exact) mass is 423 g/mol. The van der Waals surface area contributed by atoms with Crippen LogP contribution in [-0.2, 0) is 19.1 Å². The maximum atomic E-state index is 13.2. The van der Waals surface area contributed by atoms with Gasteiger partial charge in [0.05, 0.1) is 30.3 Å². The molecule has 0 aliphatic heterocycles. The van der Waals surface area contributed by atoms with Crippen molar-refractivity contribution in [3.05, 3.63) is 77.5 Å². The van der Waals surface area contributed by atoms with Gasteiger partial charge in [-0.05, 0) is 38.5 Å². The number of hydrogen-bond acceptors (Lipinski definition) is 6. The lowest BCUT2D eigenvalue weighted by molar-refractivity contribution is -0.159. The Labute approximate surface area is 182 Å². The third kappa shape index (κ3) is 4.97. The van der Waals surface area contributed by atoms with Gasteiger partial charge in [-0.3, -0.25) is 4.79 Å². The van der Waals surface area contributed by atoms with Crippen LogP contribution in [0.1, 0.15) is 38.7 Å². The van der Waals surface area contributed by atoms with Gasteiger partial charge in [0.15, 0.2) is 0 Å². The van der Waals surface area contributed by atoms with Crippen LogP contribution < -0.4 is 5.32 Å². The molecule has 3 rings (SSSR count). The fourth-order valence-corrected chi connectivity index (χ4v) is 4.18. The lowest BCUT2D eigenvalue weighted by Crippen LogP contribution is -2.49. The first kappa shape index (κ1) is 22.6. The molecule has 0 unspecified atom stereocenters. The van der Waals surface area contributed by atoms with E-state index in [2.05, 4.69) is 5.32 Å². The van der Waals surface area contributed by atoms with E-state index in [1.807, 2.05) is 60.7 Å². The van der Waals surface area contributed by atoms with E-state index in [-0.39, 0.29) is 19.6 Å². The van der Waals surface area contributed by atoms with E-state index in [0.29, 0.717) is 11.3 Å². The second-order valence-corrected chi connectivity index (χ2v) is 7.76. The molecule has 1 aliphatic rings. The number of esters is 2. The zero-order valence-corrected chi connectivity index (χ0v) is 18.1. The summed E-state index contributed by atoms with van der Waals surface area (Å²) in [7, 11) is 0. The molecule has 6 heteroatoms. The Hall–Kier alpha value is -3.12. The SMILES string of the molecule is CCOC(=O)C1=C(Nc2ccccc2)C[C@](C)(O)[C@H](C(=O)OCC)[C@@H]1c1ccccc1. The van der Waals surface area contributed by atoms with Crippen molar-refractivity contribution in [3.63, 3.8) is 0 Å². The molecular formula is C25H29NO5. The highest BCUT2D eigenvalue weighted by molar-refractivity contribution is 5.94. The number of hydrogen-bond donors (Lipinski definition) is 2. The quantitative estimate of drug-likeness (QED) is 0.654. The molecule has 2 N–H and O–H groups in total. The molecule has 0 bridgehead atoms. The third-order valence-corrected chi connectivity index (χ3v) is 5.44. The van der Waals surface area contributed by atoms with Crippen LogP contribution >= 0.6 is 0 Å².